The van der Waals surface area contributed by atoms with Gasteiger partial charge in [-0.05, 0) is 56.2 Å². The molecule has 1 fully saturated rings. The summed E-state index contributed by atoms with van der Waals surface area (Å²) in [5.41, 5.74) is 0.889. The molecule has 0 radical (unpaired) electrons. The zero-order valence-corrected chi connectivity index (χ0v) is 19.3. The van der Waals surface area contributed by atoms with Gasteiger partial charge in [0, 0.05) is 19.6 Å². The minimum absolute atomic E-state index is 0.0259. The van der Waals surface area contributed by atoms with E-state index in [1.807, 2.05) is 0 Å². The van der Waals surface area contributed by atoms with Gasteiger partial charge in [-0.1, -0.05) is 18.2 Å². The zero-order valence-electron chi connectivity index (χ0n) is 18.5. The van der Waals surface area contributed by atoms with Crippen LogP contribution in [0.25, 0.3) is 0 Å². The molecule has 3 rings (SSSR count). The second-order valence-corrected chi connectivity index (χ2v) is 9.85. The van der Waals surface area contributed by atoms with Gasteiger partial charge in [-0.25, -0.2) is 17.6 Å². The molecular formula is C23H27FN2O6S. The van der Waals surface area contributed by atoms with Crippen molar-refractivity contribution in [1.29, 1.82) is 0 Å². The number of ether oxygens (including phenoxy) is 2. The molecule has 2 unspecified atom stereocenters. The average Bonchev–Trinajstić information content (AvgIpc) is 2.78. The lowest BCUT2D eigenvalue weighted by Gasteiger charge is -2.34. The third-order valence-electron chi connectivity index (χ3n) is 5.08. The number of esters is 1. The fourth-order valence-corrected chi connectivity index (χ4v) is 5.16. The lowest BCUT2D eigenvalue weighted by atomic mass is 10.1. The first-order valence-electron chi connectivity index (χ1n) is 10.6. The van der Waals surface area contributed by atoms with Gasteiger partial charge in [-0.2, -0.15) is 4.31 Å². The summed E-state index contributed by atoms with van der Waals surface area (Å²) in [6.45, 7) is 3.84. The monoisotopic (exact) mass is 478 g/mol. The first-order valence-corrected chi connectivity index (χ1v) is 12.0. The molecule has 1 amide bonds. The number of benzene rings is 2. The number of halogens is 1. The van der Waals surface area contributed by atoms with Crippen molar-refractivity contribution in [2.75, 3.05) is 26.2 Å². The van der Waals surface area contributed by atoms with Crippen molar-refractivity contribution in [3.05, 3.63) is 65.5 Å². The lowest BCUT2D eigenvalue weighted by molar-refractivity contribution is -0.124. The number of hydrogen-bond acceptors (Lipinski definition) is 6. The molecule has 0 aromatic heterocycles. The fraction of sp³-hybridized carbons (Fsp3) is 0.391. The molecule has 0 bridgehead atoms. The summed E-state index contributed by atoms with van der Waals surface area (Å²) in [5.74, 6) is -1.63. The predicted octanol–water partition coefficient (Wildman–Crippen LogP) is 2.14. The Kier molecular flexibility index (Phi) is 8.17. The quantitative estimate of drug-likeness (QED) is 0.584. The molecule has 0 saturated carbocycles. The Morgan fingerprint density at radius 1 is 1.12 bits per heavy atom. The van der Waals surface area contributed by atoms with Gasteiger partial charge in [-0.3, -0.25) is 4.79 Å². The minimum atomic E-state index is -3.81. The molecular weight excluding hydrogens is 451 g/mol. The molecule has 0 spiro atoms. The van der Waals surface area contributed by atoms with Crippen LogP contribution in [0.5, 0.6) is 0 Å². The SMILES string of the molecule is CC1CN(S(=O)(=O)c2cccc(C(=O)OCC(=O)NCCc3ccc(F)cc3)c2)CC(C)O1. The highest BCUT2D eigenvalue weighted by atomic mass is 32.2. The van der Waals surface area contributed by atoms with Crippen molar-refractivity contribution in [2.24, 2.45) is 0 Å². The number of morpholine rings is 1. The molecule has 2 aromatic carbocycles. The van der Waals surface area contributed by atoms with Gasteiger partial charge in [0.05, 0.1) is 22.7 Å². The van der Waals surface area contributed by atoms with Crippen LogP contribution < -0.4 is 5.32 Å². The van der Waals surface area contributed by atoms with E-state index in [2.05, 4.69) is 5.32 Å². The molecule has 10 heteroatoms. The number of hydrogen-bond donors (Lipinski definition) is 1. The Balaban J connectivity index is 1.53. The van der Waals surface area contributed by atoms with E-state index in [0.29, 0.717) is 13.0 Å². The van der Waals surface area contributed by atoms with E-state index in [9.17, 15) is 22.4 Å². The fourth-order valence-electron chi connectivity index (χ4n) is 3.52. The second kappa shape index (κ2) is 10.9. The molecule has 1 N–H and O–H groups in total. The highest BCUT2D eigenvalue weighted by Crippen LogP contribution is 2.22. The van der Waals surface area contributed by atoms with Gasteiger partial charge >= 0.3 is 5.97 Å². The number of nitrogens with one attached hydrogen (secondary N) is 1. The van der Waals surface area contributed by atoms with Gasteiger partial charge in [0.25, 0.3) is 5.91 Å². The number of rotatable bonds is 8. The van der Waals surface area contributed by atoms with Gasteiger partial charge in [-0.15, -0.1) is 0 Å². The van der Waals surface area contributed by atoms with Crippen molar-refractivity contribution < 1.29 is 31.9 Å². The Bertz CT molecular complexity index is 1080. The Morgan fingerprint density at radius 2 is 1.79 bits per heavy atom. The van der Waals surface area contributed by atoms with E-state index in [1.54, 1.807) is 26.0 Å². The summed E-state index contributed by atoms with van der Waals surface area (Å²) in [5, 5.41) is 2.62. The van der Waals surface area contributed by atoms with Crippen LogP contribution in [0.3, 0.4) is 0 Å². The van der Waals surface area contributed by atoms with E-state index in [4.69, 9.17) is 9.47 Å². The van der Waals surface area contributed by atoms with Crippen LogP contribution in [-0.4, -0.2) is 63.0 Å². The summed E-state index contributed by atoms with van der Waals surface area (Å²) in [4.78, 5) is 24.3. The average molecular weight is 479 g/mol. The lowest BCUT2D eigenvalue weighted by Crippen LogP contribution is -2.48. The molecule has 2 aromatic rings. The first kappa shape index (κ1) is 24.8. The number of nitrogens with zero attached hydrogens (tertiary/aromatic N) is 1. The van der Waals surface area contributed by atoms with Crippen molar-refractivity contribution in [3.63, 3.8) is 0 Å². The van der Waals surface area contributed by atoms with Gasteiger partial charge in [0.2, 0.25) is 10.0 Å². The summed E-state index contributed by atoms with van der Waals surface area (Å²) in [6, 6.07) is 11.5. The number of carbonyl (C=O) groups is 2. The van der Waals surface area contributed by atoms with Crippen LogP contribution in [0.4, 0.5) is 4.39 Å². The predicted molar refractivity (Wildman–Crippen MR) is 119 cm³/mol. The molecule has 1 heterocycles. The number of sulfonamides is 1. The zero-order chi connectivity index (χ0) is 24.0. The maximum atomic E-state index is 13.0. The van der Waals surface area contributed by atoms with E-state index < -0.39 is 28.5 Å². The van der Waals surface area contributed by atoms with Gasteiger partial charge in [0.1, 0.15) is 5.82 Å². The Labute approximate surface area is 192 Å². The summed E-state index contributed by atoms with van der Waals surface area (Å²) in [6.07, 6.45) is 0.0232. The highest BCUT2D eigenvalue weighted by Gasteiger charge is 2.32. The van der Waals surface area contributed by atoms with Crippen molar-refractivity contribution >= 4 is 21.9 Å². The van der Waals surface area contributed by atoms with Crippen LogP contribution >= 0.6 is 0 Å². The molecule has 178 valence electrons. The highest BCUT2D eigenvalue weighted by molar-refractivity contribution is 7.89. The van der Waals surface area contributed by atoms with Crippen LogP contribution in [-0.2, 0) is 30.7 Å². The third-order valence-corrected chi connectivity index (χ3v) is 6.90. The van der Waals surface area contributed by atoms with Gasteiger partial charge < -0.3 is 14.8 Å². The van der Waals surface area contributed by atoms with Crippen LogP contribution in [0, 0.1) is 5.82 Å². The first-order chi connectivity index (χ1) is 15.6. The van der Waals surface area contributed by atoms with E-state index in [1.165, 1.54) is 40.7 Å². The number of amides is 1. The Hall–Kier alpha value is -2.82. The maximum Gasteiger partial charge on any atom is 0.338 e. The third kappa shape index (κ3) is 6.83. The molecule has 8 nitrogen and oxygen atoms in total. The van der Waals surface area contributed by atoms with Crippen molar-refractivity contribution in [3.8, 4) is 0 Å². The molecule has 1 aliphatic heterocycles. The van der Waals surface area contributed by atoms with Crippen molar-refractivity contribution in [2.45, 2.75) is 37.4 Å². The van der Waals surface area contributed by atoms with E-state index in [0.717, 1.165) is 5.56 Å². The minimum Gasteiger partial charge on any atom is -0.452 e. The van der Waals surface area contributed by atoms with Crippen molar-refractivity contribution in [1.82, 2.24) is 9.62 Å². The van der Waals surface area contributed by atoms with Crippen LogP contribution in [0.1, 0.15) is 29.8 Å². The van der Waals surface area contributed by atoms with E-state index >= 15 is 0 Å². The smallest absolute Gasteiger partial charge is 0.338 e. The maximum absolute atomic E-state index is 13.0. The molecule has 1 aliphatic rings. The Morgan fingerprint density at radius 3 is 2.45 bits per heavy atom. The molecule has 2 atom stereocenters. The molecule has 0 aliphatic carbocycles. The van der Waals surface area contributed by atoms with Gasteiger partial charge in [0.15, 0.2) is 6.61 Å². The summed E-state index contributed by atoms with van der Waals surface area (Å²) in [7, 11) is -3.81. The number of carbonyl (C=O) groups excluding carboxylic acids is 2. The normalized spacial score (nSPS) is 19.1. The van der Waals surface area contributed by atoms with E-state index in [-0.39, 0.29) is 41.6 Å². The molecule has 33 heavy (non-hydrogen) atoms. The summed E-state index contributed by atoms with van der Waals surface area (Å²) >= 11 is 0. The standard InChI is InChI=1S/C23H27FN2O6S/c1-16-13-26(14-17(2)32-16)33(29,30)21-5-3-4-19(12-21)23(28)31-15-22(27)25-11-10-18-6-8-20(24)9-7-18/h3-9,12,16-17H,10-11,13-15H2,1-2H3,(H,25,27). The topological polar surface area (TPSA) is 102 Å². The largest absolute Gasteiger partial charge is 0.452 e. The molecule has 1 saturated heterocycles. The van der Waals surface area contributed by atoms with Crippen LogP contribution in [0.15, 0.2) is 53.4 Å². The van der Waals surface area contributed by atoms with Crippen LogP contribution in [0.2, 0.25) is 0 Å². The second-order valence-electron chi connectivity index (χ2n) is 7.91. The summed E-state index contributed by atoms with van der Waals surface area (Å²) < 4.78 is 50.9.